The second-order valence-electron chi connectivity index (χ2n) is 4.65. The summed E-state index contributed by atoms with van der Waals surface area (Å²) >= 11 is 0. The molecular weight excluding hydrogens is 254 g/mol. The molecule has 1 saturated heterocycles. The third-order valence-electron chi connectivity index (χ3n) is 3.12. The molecule has 1 aliphatic heterocycles. The standard InChI is InChI=1S/C12H16F2N4O/c13-8-5-10(14)12(16-6-8)17-9-1-3-18(4-2-9)7-11(15)19/h5-6,9H,1-4,7H2,(H2,15,19)(H,16,17). The zero-order valence-electron chi connectivity index (χ0n) is 10.4. The summed E-state index contributed by atoms with van der Waals surface area (Å²) in [5, 5.41) is 2.95. The predicted molar refractivity (Wildman–Crippen MR) is 66.4 cm³/mol. The number of nitrogens with zero attached hydrogens (tertiary/aromatic N) is 2. The third-order valence-corrected chi connectivity index (χ3v) is 3.12. The number of piperidine rings is 1. The van der Waals surface area contributed by atoms with Gasteiger partial charge in [-0.15, -0.1) is 0 Å². The Bertz CT molecular complexity index is 461. The van der Waals surface area contributed by atoms with Crippen LogP contribution < -0.4 is 11.1 Å². The van der Waals surface area contributed by atoms with E-state index < -0.39 is 11.6 Å². The van der Waals surface area contributed by atoms with E-state index in [1.165, 1.54) is 0 Å². The zero-order chi connectivity index (χ0) is 13.8. The van der Waals surface area contributed by atoms with Crippen molar-refractivity contribution in [2.75, 3.05) is 25.0 Å². The third kappa shape index (κ3) is 3.85. The van der Waals surface area contributed by atoms with Gasteiger partial charge in [0, 0.05) is 25.2 Å². The minimum Gasteiger partial charge on any atom is -0.369 e. The summed E-state index contributed by atoms with van der Waals surface area (Å²) < 4.78 is 26.1. The van der Waals surface area contributed by atoms with E-state index in [0.29, 0.717) is 13.1 Å². The van der Waals surface area contributed by atoms with Crippen LogP contribution >= 0.6 is 0 Å². The van der Waals surface area contributed by atoms with E-state index in [9.17, 15) is 13.6 Å². The van der Waals surface area contributed by atoms with Crippen molar-refractivity contribution in [3.63, 3.8) is 0 Å². The van der Waals surface area contributed by atoms with Gasteiger partial charge in [0.15, 0.2) is 11.6 Å². The van der Waals surface area contributed by atoms with Crippen LogP contribution in [-0.2, 0) is 4.79 Å². The Morgan fingerprint density at radius 3 is 2.74 bits per heavy atom. The van der Waals surface area contributed by atoms with Gasteiger partial charge in [0.1, 0.15) is 5.82 Å². The lowest BCUT2D eigenvalue weighted by atomic mass is 10.1. The lowest BCUT2D eigenvalue weighted by Crippen LogP contribution is -2.43. The molecule has 1 fully saturated rings. The molecule has 1 aromatic rings. The van der Waals surface area contributed by atoms with E-state index in [1.54, 1.807) is 0 Å². The number of pyridine rings is 1. The van der Waals surface area contributed by atoms with E-state index in [2.05, 4.69) is 10.3 Å². The molecule has 0 unspecified atom stereocenters. The van der Waals surface area contributed by atoms with Gasteiger partial charge in [0.05, 0.1) is 12.7 Å². The van der Waals surface area contributed by atoms with E-state index in [0.717, 1.165) is 25.1 Å². The number of aromatic nitrogens is 1. The Hall–Kier alpha value is -1.76. The molecule has 3 N–H and O–H groups in total. The van der Waals surface area contributed by atoms with Gasteiger partial charge >= 0.3 is 0 Å². The fraction of sp³-hybridized carbons (Fsp3) is 0.500. The van der Waals surface area contributed by atoms with E-state index in [1.807, 2.05) is 4.90 Å². The van der Waals surface area contributed by atoms with Crippen LogP contribution in [0.4, 0.5) is 14.6 Å². The minimum atomic E-state index is -0.695. The van der Waals surface area contributed by atoms with E-state index >= 15 is 0 Å². The van der Waals surface area contributed by atoms with Gasteiger partial charge < -0.3 is 11.1 Å². The fourth-order valence-corrected chi connectivity index (χ4v) is 2.17. The van der Waals surface area contributed by atoms with Crippen LogP contribution in [0.1, 0.15) is 12.8 Å². The van der Waals surface area contributed by atoms with Crippen molar-refractivity contribution in [1.29, 1.82) is 0 Å². The lowest BCUT2D eigenvalue weighted by Gasteiger charge is -2.31. The van der Waals surface area contributed by atoms with Crippen LogP contribution in [0.5, 0.6) is 0 Å². The molecule has 0 spiro atoms. The van der Waals surface area contributed by atoms with Crippen molar-refractivity contribution in [2.45, 2.75) is 18.9 Å². The highest BCUT2D eigenvalue weighted by atomic mass is 19.1. The molecule has 0 saturated carbocycles. The van der Waals surface area contributed by atoms with Gasteiger partial charge in [-0.1, -0.05) is 0 Å². The summed E-state index contributed by atoms with van der Waals surface area (Å²) in [4.78, 5) is 16.4. The first-order chi connectivity index (χ1) is 9.04. The Morgan fingerprint density at radius 1 is 1.47 bits per heavy atom. The van der Waals surface area contributed by atoms with Crippen LogP contribution in [0.2, 0.25) is 0 Å². The number of nitrogens with two attached hydrogens (primary N) is 1. The number of primary amides is 1. The van der Waals surface area contributed by atoms with Crippen molar-refractivity contribution < 1.29 is 13.6 Å². The molecule has 2 heterocycles. The second kappa shape index (κ2) is 5.92. The quantitative estimate of drug-likeness (QED) is 0.845. The normalized spacial score (nSPS) is 17.4. The molecule has 5 nitrogen and oxygen atoms in total. The number of nitrogens with one attached hydrogen (secondary N) is 1. The van der Waals surface area contributed by atoms with Gasteiger partial charge in [-0.05, 0) is 12.8 Å². The predicted octanol–water partition coefficient (Wildman–Crippen LogP) is 0.721. The maximum atomic E-state index is 13.4. The van der Waals surface area contributed by atoms with E-state index in [-0.39, 0.29) is 24.3 Å². The number of anilines is 1. The fourth-order valence-electron chi connectivity index (χ4n) is 2.17. The van der Waals surface area contributed by atoms with Crippen molar-refractivity contribution >= 4 is 11.7 Å². The number of halogens is 2. The second-order valence-corrected chi connectivity index (χ2v) is 4.65. The van der Waals surface area contributed by atoms with Gasteiger partial charge in [-0.25, -0.2) is 13.8 Å². The molecule has 7 heteroatoms. The van der Waals surface area contributed by atoms with Crippen LogP contribution in [0.25, 0.3) is 0 Å². The summed E-state index contributed by atoms with van der Waals surface area (Å²) in [6.07, 6.45) is 2.49. The molecule has 2 rings (SSSR count). The molecule has 0 atom stereocenters. The van der Waals surface area contributed by atoms with Crippen molar-refractivity contribution in [3.8, 4) is 0 Å². The topological polar surface area (TPSA) is 71.2 Å². The van der Waals surface area contributed by atoms with Crippen LogP contribution in [0.15, 0.2) is 12.3 Å². The highest BCUT2D eigenvalue weighted by molar-refractivity contribution is 5.75. The lowest BCUT2D eigenvalue weighted by molar-refractivity contribution is -0.119. The van der Waals surface area contributed by atoms with Crippen LogP contribution in [0, 0.1) is 11.6 Å². The van der Waals surface area contributed by atoms with Gasteiger partial charge in [-0.3, -0.25) is 9.69 Å². The minimum absolute atomic E-state index is 0.0646. The average molecular weight is 270 g/mol. The summed E-state index contributed by atoms with van der Waals surface area (Å²) in [6.45, 7) is 1.67. The molecule has 0 radical (unpaired) electrons. The van der Waals surface area contributed by atoms with Crippen molar-refractivity contribution in [2.24, 2.45) is 5.73 Å². The molecular formula is C12H16F2N4O. The number of hydrogen-bond acceptors (Lipinski definition) is 4. The van der Waals surface area contributed by atoms with Gasteiger partial charge in [0.2, 0.25) is 5.91 Å². The van der Waals surface area contributed by atoms with Crippen LogP contribution in [0.3, 0.4) is 0 Å². The van der Waals surface area contributed by atoms with Gasteiger partial charge in [-0.2, -0.15) is 0 Å². The smallest absolute Gasteiger partial charge is 0.231 e. The first kappa shape index (κ1) is 13.7. The summed E-state index contributed by atoms with van der Waals surface area (Å²) in [6, 6.07) is 0.869. The first-order valence-corrected chi connectivity index (χ1v) is 6.13. The number of hydrogen-bond donors (Lipinski definition) is 2. The number of rotatable bonds is 4. The average Bonchev–Trinajstić information content (AvgIpc) is 2.34. The molecule has 1 aliphatic rings. The SMILES string of the molecule is NC(=O)CN1CCC(Nc2ncc(F)cc2F)CC1. The number of amides is 1. The van der Waals surface area contributed by atoms with Crippen molar-refractivity contribution in [1.82, 2.24) is 9.88 Å². The molecule has 19 heavy (non-hydrogen) atoms. The highest BCUT2D eigenvalue weighted by Crippen LogP contribution is 2.17. The number of carbonyl (C=O) groups excluding carboxylic acids is 1. The highest BCUT2D eigenvalue weighted by Gasteiger charge is 2.21. The Labute approximate surface area is 109 Å². The zero-order valence-corrected chi connectivity index (χ0v) is 10.4. The Morgan fingerprint density at radius 2 is 2.16 bits per heavy atom. The largest absolute Gasteiger partial charge is 0.369 e. The number of carbonyl (C=O) groups is 1. The van der Waals surface area contributed by atoms with E-state index in [4.69, 9.17) is 5.73 Å². The molecule has 1 amide bonds. The van der Waals surface area contributed by atoms with Crippen molar-refractivity contribution in [3.05, 3.63) is 23.9 Å². The Kier molecular flexibility index (Phi) is 4.26. The summed E-state index contributed by atoms with van der Waals surface area (Å²) in [5.41, 5.74) is 5.12. The maximum absolute atomic E-state index is 13.4. The summed E-state index contributed by atoms with van der Waals surface area (Å²) in [5.74, 6) is -1.67. The molecule has 0 bridgehead atoms. The van der Waals surface area contributed by atoms with Crippen LogP contribution in [-0.4, -0.2) is 41.5 Å². The molecule has 104 valence electrons. The summed E-state index contributed by atoms with van der Waals surface area (Å²) in [7, 11) is 0. The monoisotopic (exact) mass is 270 g/mol. The maximum Gasteiger partial charge on any atom is 0.231 e. The Balaban J connectivity index is 1.87. The molecule has 0 aromatic carbocycles. The molecule has 1 aromatic heterocycles. The first-order valence-electron chi connectivity index (χ1n) is 6.13. The molecule has 0 aliphatic carbocycles. The van der Waals surface area contributed by atoms with Gasteiger partial charge in [0.25, 0.3) is 0 Å². The number of likely N-dealkylation sites (tertiary alicyclic amines) is 1.